The minimum atomic E-state index is 0.362. The molecule has 0 bridgehead atoms. The van der Waals surface area contributed by atoms with Crippen molar-refractivity contribution in [3.05, 3.63) is 0 Å². The van der Waals surface area contributed by atoms with Crippen molar-refractivity contribution >= 4 is 0 Å². The Labute approximate surface area is 127 Å². The molecule has 1 nitrogen and oxygen atoms in total. The Morgan fingerprint density at radius 3 is 2.05 bits per heavy atom. The smallest absolute Gasteiger partial charge is 0.0125 e. The van der Waals surface area contributed by atoms with Gasteiger partial charge in [-0.15, -0.1) is 0 Å². The molecule has 1 heterocycles. The van der Waals surface area contributed by atoms with E-state index in [1.165, 1.54) is 58.0 Å². The summed E-state index contributed by atoms with van der Waals surface area (Å²) in [5, 5.41) is 0. The fraction of sp³-hybridized carbons (Fsp3) is 1.00. The van der Waals surface area contributed by atoms with Crippen molar-refractivity contribution in [3.8, 4) is 0 Å². The second kappa shape index (κ2) is 5.63. The molecule has 1 aliphatic heterocycles. The predicted molar refractivity (Wildman–Crippen MR) is 89.0 cm³/mol. The summed E-state index contributed by atoms with van der Waals surface area (Å²) in [6.45, 7) is 17.0. The molecule has 2 rings (SSSR count). The van der Waals surface area contributed by atoms with E-state index in [-0.39, 0.29) is 0 Å². The van der Waals surface area contributed by atoms with Gasteiger partial charge in [0.1, 0.15) is 0 Å². The highest BCUT2D eigenvalue weighted by atomic mass is 15.2. The molecule has 1 heteroatoms. The first-order chi connectivity index (χ1) is 9.10. The Kier molecular flexibility index (Phi) is 4.60. The quantitative estimate of drug-likeness (QED) is 0.613. The van der Waals surface area contributed by atoms with Crippen LogP contribution in [-0.2, 0) is 0 Å². The molecule has 0 radical (unpaired) electrons. The molecule has 1 unspecified atom stereocenters. The van der Waals surface area contributed by atoms with Crippen molar-refractivity contribution in [2.45, 2.75) is 92.0 Å². The molecule has 2 fully saturated rings. The van der Waals surface area contributed by atoms with E-state index < -0.39 is 0 Å². The third kappa shape index (κ3) is 4.23. The number of rotatable bonds is 1. The van der Waals surface area contributed by atoms with Crippen LogP contribution in [0.15, 0.2) is 0 Å². The lowest BCUT2D eigenvalue weighted by molar-refractivity contribution is 0.00293. The summed E-state index contributed by atoms with van der Waals surface area (Å²) in [5.74, 6) is 0.991. The summed E-state index contributed by atoms with van der Waals surface area (Å²) in [5.41, 5.74) is 1.58. The Bertz CT molecular complexity index is 310. The second-order valence-electron chi connectivity index (χ2n) is 9.89. The van der Waals surface area contributed by atoms with Crippen molar-refractivity contribution < 1.29 is 0 Å². The van der Waals surface area contributed by atoms with Gasteiger partial charge in [0, 0.05) is 5.54 Å². The topological polar surface area (TPSA) is 3.24 Å². The van der Waals surface area contributed by atoms with Crippen LogP contribution in [0.3, 0.4) is 0 Å². The summed E-state index contributed by atoms with van der Waals surface area (Å²) < 4.78 is 0. The van der Waals surface area contributed by atoms with Crippen LogP contribution >= 0.6 is 0 Å². The molecule has 20 heavy (non-hydrogen) atoms. The zero-order valence-corrected chi connectivity index (χ0v) is 14.9. The van der Waals surface area contributed by atoms with Crippen molar-refractivity contribution in [2.75, 3.05) is 13.1 Å². The van der Waals surface area contributed by atoms with E-state index in [2.05, 4.69) is 46.4 Å². The largest absolute Gasteiger partial charge is 0.298 e. The summed E-state index contributed by atoms with van der Waals surface area (Å²) in [6, 6.07) is 0. The number of hydrogen-bond donors (Lipinski definition) is 0. The number of nitrogens with zero attached hydrogens (tertiary/aromatic N) is 1. The van der Waals surface area contributed by atoms with E-state index in [0.717, 1.165) is 5.92 Å². The molecule has 1 saturated heterocycles. The summed E-state index contributed by atoms with van der Waals surface area (Å²) >= 11 is 0. The van der Waals surface area contributed by atoms with E-state index in [0.29, 0.717) is 16.4 Å². The van der Waals surface area contributed by atoms with E-state index >= 15 is 0 Å². The molecule has 1 aliphatic carbocycles. The van der Waals surface area contributed by atoms with Crippen LogP contribution in [0, 0.1) is 16.7 Å². The molecule has 118 valence electrons. The Morgan fingerprint density at radius 1 is 0.950 bits per heavy atom. The maximum Gasteiger partial charge on any atom is 0.0125 e. The average molecular weight is 280 g/mol. The summed E-state index contributed by atoms with van der Waals surface area (Å²) in [4.78, 5) is 2.70. The number of likely N-dealkylation sites (tertiary alicyclic amines) is 1. The lowest BCUT2D eigenvalue weighted by Gasteiger charge is -2.50. The van der Waals surface area contributed by atoms with Gasteiger partial charge in [0.15, 0.2) is 0 Å². The van der Waals surface area contributed by atoms with Crippen LogP contribution in [0.5, 0.6) is 0 Å². The highest BCUT2D eigenvalue weighted by molar-refractivity contribution is 4.94. The van der Waals surface area contributed by atoms with Crippen LogP contribution < -0.4 is 0 Å². The van der Waals surface area contributed by atoms with Crippen LogP contribution in [0.25, 0.3) is 0 Å². The third-order valence-electron chi connectivity index (χ3n) is 5.71. The van der Waals surface area contributed by atoms with Crippen LogP contribution in [0.2, 0.25) is 0 Å². The van der Waals surface area contributed by atoms with Gasteiger partial charge in [-0.2, -0.15) is 0 Å². The van der Waals surface area contributed by atoms with E-state index in [1.54, 1.807) is 0 Å². The lowest BCUT2D eigenvalue weighted by atomic mass is 9.62. The van der Waals surface area contributed by atoms with Gasteiger partial charge in [-0.25, -0.2) is 0 Å². The fourth-order valence-corrected chi connectivity index (χ4v) is 4.73. The molecule has 0 aromatic rings. The monoisotopic (exact) mass is 279 g/mol. The first-order valence-corrected chi connectivity index (χ1v) is 8.85. The Balaban J connectivity index is 1.92. The SMILES string of the molecule is CC(C)(C)CC1CCCC2(CCN(C(C)(C)C)CC2)C1. The van der Waals surface area contributed by atoms with Gasteiger partial charge in [0.2, 0.25) is 0 Å². The van der Waals surface area contributed by atoms with E-state index in [9.17, 15) is 0 Å². The van der Waals surface area contributed by atoms with E-state index in [4.69, 9.17) is 0 Å². The van der Waals surface area contributed by atoms with Gasteiger partial charge in [0.05, 0.1) is 0 Å². The number of hydrogen-bond acceptors (Lipinski definition) is 1. The number of piperidine rings is 1. The van der Waals surface area contributed by atoms with Gasteiger partial charge in [-0.05, 0) is 82.7 Å². The van der Waals surface area contributed by atoms with Crippen molar-refractivity contribution in [1.29, 1.82) is 0 Å². The standard InChI is InChI=1S/C19H37N/c1-17(2,3)14-16-8-7-9-19(15-16)10-12-20(13-11-19)18(4,5)6/h16H,7-15H2,1-6H3. The molecule has 1 saturated carbocycles. The minimum absolute atomic E-state index is 0.362. The van der Waals surface area contributed by atoms with Crippen molar-refractivity contribution in [3.63, 3.8) is 0 Å². The van der Waals surface area contributed by atoms with Crippen LogP contribution in [0.4, 0.5) is 0 Å². The van der Waals surface area contributed by atoms with Crippen molar-refractivity contribution in [1.82, 2.24) is 4.90 Å². The molecular formula is C19H37N. The lowest BCUT2D eigenvalue weighted by Crippen LogP contribution is -2.50. The molecule has 0 amide bonds. The van der Waals surface area contributed by atoms with Gasteiger partial charge >= 0.3 is 0 Å². The molecular weight excluding hydrogens is 242 g/mol. The van der Waals surface area contributed by atoms with E-state index in [1.807, 2.05) is 0 Å². The zero-order chi connectivity index (χ0) is 15.0. The summed E-state index contributed by atoms with van der Waals surface area (Å²) in [7, 11) is 0. The Morgan fingerprint density at radius 2 is 1.55 bits per heavy atom. The second-order valence-corrected chi connectivity index (χ2v) is 9.89. The van der Waals surface area contributed by atoms with Crippen LogP contribution in [-0.4, -0.2) is 23.5 Å². The molecule has 1 spiro atoms. The molecule has 0 aromatic carbocycles. The van der Waals surface area contributed by atoms with Gasteiger partial charge in [-0.1, -0.05) is 33.6 Å². The maximum atomic E-state index is 2.70. The average Bonchev–Trinajstić information content (AvgIpc) is 2.26. The predicted octanol–water partition coefficient (Wildman–Crippen LogP) is 5.49. The minimum Gasteiger partial charge on any atom is -0.298 e. The Hall–Kier alpha value is -0.0400. The summed E-state index contributed by atoms with van der Waals surface area (Å²) in [6.07, 6.45) is 10.3. The maximum absolute atomic E-state index is 2.70. The molecule has 0 aromatic heterocycles. The first-order valence-electron chi connectivity index (χ1n) is 8.85. The highest BCUT2D eigenvalue weighted by Gasteiger charge is 2.41. The van der Waals surface area contributed by atoms with Gasteiger partial charge in [0.25, 0.3) is 0 Å². The normalized spacial score (nSPS) is 28.8. The van der Waals surface area contributed by atoms with Gasteiger partial charge < -0.3 is 0 Å². The van der Waals surface area contributed by atoms with Crippen molar-refractivity contribution in [2.24, 2.45) is 16.7 Å². The third-order valence-corrected chi connectivity index (χ3v) is 5.71. The molecule has 1 atom stereocenters. The first kappa shape index (κ1) is 16.3. The fourth-order valence-electron chi connectivity index (χ4n) is 4.73. The van der Waals surface area contributed by atoms with Gasteiger partial charge in [-0.3, -0.25) is 4.90 Å². The molecule has 0 N–H and O–H groups in total. The highest BCUT2D eigenvalue weighted by Crippen LogP contribution is 2.49. The zero-order valence-electron chi connectivity index (χ0n) is 14.9. The molecule has 2 aliphatic rings. The van der Waals surface area contributed by atoms with Crippen LogP contribution in [0.1, 0.15) is 86.5 Å².